The summed E-state index contributed by atoms with van der Waals surface area (Å²) in [6, 6.07) is 0. The lowest BCUT2D eigenvalue weighted by molar-refractivity contribution is 0.110. The Morgan fingerprint density at radius 1 is 1.29 bits per heavy atom. The van der Waals surface area contributed by atoms with E-state index in [9.17, 15) is 0 Å². The number of rotatable bonds is 8. The minimum absolute atomic E-state index is 0.453. The molecule has 1 heterocycles. The van der Waals surface area contributed by atoms with Gasteiger partial charge in [0.25, 0.3) is 0 Å². The minimum Gasteiger partial charge on any atom is -0.383 e. The molecule has 1 rings (SSSR count). The van der Waals surface area contributed by atoms with Crippen molar-refractivity contribution in [3.8, 4) is 0 Å². The van der Waals surface area contributed by atoms with Crippen LogP contribution in [-0.2, 0) is 9.47 Å². The summed E-state index contributed by atoms with van der Waals surface area (Å²) >= 11 is 0. The van der Waals surface area contributed by atoms with Gasteiger partial charge in [-0.25, -0.2) is 0 Å². The fourth-order valence-corrected chi connectivity index (χ4v) is 1.54. The van der Waals surface area contributed by atoms with E-state index in [1.54, 1.807) is 7.11 Å². The van der Waals surface area contributed by atoms with Crippen molar-refractivity contribution < 1.29 is 9.47 Å². The average Bonchev–Trinajstić information content (AvgIpc) is 2.69. The van der Waals surface area contributed by atoms with Gasteiger partial charge in [-0.1, -0.05) is 0 Å². The topological polar surface area (TPSA) is 42.5 Å². The molecule has 1 atom stereocenters. The van der Waals surface area contributed by atoms with Crippen molar-refractivity contribution in [3.05, 3.63) is 0 Å². The molecule has 4 nitrogen and oxygen atoms in total. The monoisotopic (exact) mass is 202 g/mol. The molecule has 1 aliphatic rings. The van der Waals surface area contributed by atoms with E-state index in [-0.39, 0.29) is 0 Å². The SMILES string of the molecule is COCCNCCNCC1CCCO1. The Balaban J connectivity index is 1.75. The quantitative estimate of drug-likeness (QED) is 0.543. The second-order valence-corrected chi connectivity index (χ2v) is 3.58. The van der Waals surface area contributed by atoms with Crippen molar-refractivity contribution in [2.75, 3.05) is 46.5 Å². The highest BCUT2D eigenvalue weighted by Gasteiger charge is 2.13. The standard InChI is InChI=1S/C10H22N2O2/c1-13-8-6-11-4-5-12-9-10-3-2-7-14-10/h10-12H,2-9H2,1H3. The molecule has 0 aromatic carbocycles. The van der Waals surface area contributed by atoms with Crippen LogP contribution < -0.4 is 10.6 Å². The van der Waals surface area contributed by atoms with Gasteiger partial charge >= 0.3 is 0 Å². The molecule has 0 aromatic heterocycles. The van der Waals surface area contributed by atoms with E-state index in [0.717, 1.165) is 39.4 Å². The van der Waals surface area contributed by atoms with Crippen LogP contribution in [0.25, 0.3) is 0 Å². The molecule has 1 fully saturated rings. The first kappa shape index (κ1) is 11.9. The Morgan fingerprint density at radius 3 is 2.86 bits per heavy atom. The zero-order valence-corrected chi connectivity index (χ0v) is 9.05. The third kappa shape index (κ3) is 5.54. The van der Waals surface area contributed by atoms with E-state index in [1.807, 2.05) is 0 Å². The molecule has 2 N–H and O–H groups in total. The molecular formula is C10H22N2O2. The van der Waals surface area contributed by atoms with E-state index in [1.165, 1.54) is 12.8 Å². The summed E-state index contributed by atoms with van der Waals surface area (Å²) < 4.78 is 10.4. The van der Waals surface area contributed by atoms with Gasteiger partial charge in [0, 0.05) is 39.9 Å². The Morgan fingerprint density at radius 2 is 2.14 bits per heavy atom. The fourth-order valence-electron chi connectivity index (χ4n) is 1.54. The Hall–Kier alpha value is -0.160. The van der Waals surface area contributed by atoms with Crippen molar-refractivity contribution in [3.63, 3.8) is 0 Å². The van der Waals surface area contributed by atoms with Gasteiger partial charge in [-0.05, 0) is 12.8 Å². The zero-order chi connectivity index (χ0) is 10.1. The molecule has 1 unspecified atom stereocenters. The van der Waals surface area contributed by atoms with Gasteiger partial charge in [0.2, 0.25) is 0 Å². The summed E-state index contributed by atoms with van der Waals surface area (Å²) in [5.41, 5.74) is 0. The van der Waals surface area contributed by atoms with Crippen LogP contribution in [0.4, 0.5) is 0 Å². The molecule has 1 aliphatic heterocycles. The number of nitrogens with one attached hydrogen (secondary N) is 2. The molecule has 0 bridgehead atoms. The molecular weight excluding hydrogens is 180 g/mol. The summed E-state index contributed by atoms with van der Waals surface area (Å²) in [5, 5.41) is 6.66. The molecule has 14 heavy (non-hydrogen) atoms. The smallest absolute Gasteiger partial charge is 0.0700 e. The Labute approximate surface area is 86.3 Å². The van der Waals surface area contributed by atoms with Gasteiger partial charge in [-0.2, -0.15) is 0 Å². The molecule has 4 heteroatoms. The van der Waals surface area contributed by atoms with Crippen LogP contribution in [0.3, 0.4) is 0 Å². The van der Waals surface area contributed by atoms with Crippen LogP contribution in [0.5, 0.6) is 0 Å². The average molecular weight is 202 g/mol. The first-order valence-corrected chi connectivity index (χ1v) is 5.45. The summed E-state index contributed by atoms with van der Waals surface area (Å²) in [5.74, 6) is 0. The normalized spacial score (nSPS) is 21.6. The zero-order valence-electron chi connectivity index (χ0n) is 9.05. The maximum absolute atomic E-state index is 5.50. The van der Waals surface area contributed by atoms with Gasteiger partial charge < -0.3 is 20.1 Å². The van der Waals surface area contributed by atoms with Gasteiger partial charge in [-0.3, -0.25) is 0 Å². The van der Waals surface area contributed by atoms with Gasteiger partial charge in [0.15, 0.2) is 0 Å². The first-order chi connectivity index (χ1) is 6.93. The van der Waals surface area contributed by atoms with E-state index >= 15 is 0 Å². The summed E-state index contributed by atoms with van der Waals surface area (Å²) in [4.78, 5) is 0. The molecule has 0 spiro atoms. The van der Waals surface area contributed by atoms with E-state index in [0.29, 0.717) is 6.10 Å². The minimum atomic E-state index is 0.453. The highest BCUT2D eigenvalue weighted by atomic mass is 16.5. The lowest BCUT2D eigenvalue weighted by Gasteiger charge is -2.10. The highest BCUT2D eigenvalue weighted by molar-refractivity contribution is 4.67. The molecule has 0 radical (unpaired) electrons. The summed E-state index contributed by atoms with van der Waals surface area (Å²) in [6.45, 7) is 5.65. The number of hydrogen-bond donors (Lipinski definition) is 2. The molecule has 0 aromatic rings. The number of ether oxygens (including phenoxy) is 2. The van der Waals surface area contributed by atoms with Gasteiger partial charge in [0.1, 0.15) is 0 Å². The van der Waals surface area contributed by atoms with Crippen LogP contribution in [0.15, 0.2) is 0 Å². The maximum atomic E-state index is 5.50. The van der Waals surface area contributed by atoms with Crippen molar-refractivity contribution in [1.29, 1.82) is 0 Å². The maximum Gasteiger partial charge on any atom is 0.0700 e. The van der Waals surface area contributed by atoms with Crippen molar-refractivity contribution >= 4 is 0 Å². The fraction of sp³-hybridized carbons (Fsp3) is 1.00. The van der Waals surface area contributed by atoms with E-state index in [2.05, 4.69) is 10.6 Å². The first-order valence-electron chi connectivity index (χ1n) is 5.45. The predicted molar refractivity (Wildman–Crippen MR) is 56.6 cm³/mol. The van der Waals surface area contributed by atoms with Crippen LogP contribution in [0.2, 0.25) is 0 Å². The Bertz CT molecular complexity index is 127. The largest absolute Gasteiger partial charge is 0.383 e. The lowest BCUT2D eigenvalue weighted by Crippen LogP contribution is -2.33. The molecule has 0 aliphatic carbocycles. The Kier molecular flexibility index (Phi) is 6.95. The third-order valence-corrected chi connectivity index (χ3v) is 2.36. The van der Waals surface area contributed by atoms with Crippen molar-refractivity contribution in [1.82, 2.24) is 10.6 Å². The molecule has 0 amide bonds. The highest BCUT2D eigenvalue weighted by Crippen LogP contribution is 2.10. The summed E-state index contributed by atoms with van der Waals surface area (Å²) in [7, 11) is 1.72. The second-order valence-electron chi connectivity index (χ2n) is 3.58. The van der Waals surface area contributed by atoms with Crippen LogP contribution in [-0.4, -0.2) is 52.6 Å². The van der Waals surface area contributed by atoms with Crippen molar-refractivity contribution in [2.24, 2.45) is 0 Å². The van der Waals surface area contributed by atoms with Crippen LogP contribution >= 0.6 is 0 Å². The molecule has 1 saturated heterocycles. The van der Waals surface area contributed by atoms with Crippen LogP contribution in [0.1, 0.15) is 12.8 Å². The molecule has 0 saturated carbocycles. The van der Waals surface area contributed by atoms with Crippen molar-refractivity contribution in [2.45, 2.75) is 18.9 Å². The molecule has 84 valence electrons. The summed E-state index contributed by atoms with van der Waals surface area (Å²) in [6.07, 6.45) is 2.89. The van der Waals surface area contributed by atoms with Gasteiger partial charge in [0.05, 0.1) is 12.7 Å². The number of hydrogen-bond acceptors (Lipinski definition) is 4. The van der Waals surface area contributed by atoms with E-state index < -0.39 is 0 Å². The van der Waals surface area contributed by atoms with E-state index in [4.69, 9.17) is 9.47 Å². The predicted octanol–water partition coefficient (Wildman–Crippen LogP) is -0.00900. The number of methoxy groups -OCH3 is 1. The lowest BCUT2D eigenvalue weighted by atomic mass is 10.2. The van der Waals surface area contributed by atoms with Gasteiger partial charge in [-0.15, -0.1) is 0 Å². The van der Waals surface area contributed by atoms with Crippen LogP contribution in [0, 0.1) is 0 Å². The second kappa shape index (κ2) is 8.17. The third-order valence-electron chi connectivity index (χ3n) is 2.36.